The molecule has 0 aliphatic carbocycles. The fraction of sp³-hybridized carbons (Fsp3) is 0.211. The van der Waals surface area contributed by atoms with E-state index in [1.165, 1.54) is 13.2 Å². The van der Waals surface area contributed by atoms with E-state index < -0.39 is 24.5 Å². The highest BCUT2D eigenvalue weighted by molar-refractivity contribution is 6.01. The van der Waals surface area contributed by atoms with Crippen LogP contribution >= 0.6 is 0 Å². The highest BCUT2D eigenvalue weighted by Gasteiger charge is 2.14. The van der Waals surface area contributed by atoms with Crippen LogP contribution in [0.25, 0.3) is 0 Å². The third-order valence-electron chi connectivity index (χ3n) is 3.35. The number of amides is 1. The van der Waals surface area contributed by atoms with Crippen molar-refractivity contribution >= 4 is 23.5 Å². The summed E-state index contributed by atoms with van der Waals surface area (Å²) in [7, 11) is 1.25. The summed E-state index contributed by atoms with van der Waals surface area (Å²) in [6.07, 6.45) is 0. The zero-order valence-electron chi connectivity index (χ0n) is 14.5. The first kappa shape index (κ1) is 19.0. The van der Waals surface area contributed by atoms with Gasteiger partial charge in [0.15, 0.2) is 13.2 Å². The van der Waals surface area contributed by atoms with E-state index in [-0.39, 0.29) is 17.9 Å². The summed E-state index contributed by atoms with van der Waals surface area (Å²) < 4.78 is 14.8. The highest BCUT2D eigenvalue weighted by Crippen LogP contribution is 2.16. The molecule has 2 aromatic rings. The topological polar surface area (TPSA) is 90.9 Å². The highest BCUT2D eigenvalue weighted by atomic mass is 16.6. The monoisotopic (exact) mass is 357 g/mol. The molecule has 0 heterocycles. The number of carbonyl (C=O) groups excluding carboxylic acids is 3. The number of carbonyl (C=O) groups is 3. The van der Waals surface area contributed by atoms with Crippen molar-refractivity contribution in [2.24, 2.45) is 0 Å². The number of hydrogen-bond donors (Lipinski definition) is 1. The van der Waals surface area contributed by atoms with Crippen LogP contribution in [0.2, 0.25) is 0 Å². The van der Waals surface area contributed by atoms with Gasteiger partial charge in [0.2, 0.25) is 0 Å². The number of nitrogens with one attached hydrogen (secondary N) is 1. The number of hydrogen-bond acceptors (Lipinski definition) is 6. The van der Waals surface area contributed by atoms with Gasteiger partial charge in [-0.05, 0) is 31.2 Å². The molecular formula is C19H19NO6. The number of benzene rings is 2. The summed E-state index contributed by atoms with van der Waals surface area (Å²) in [5.74, 6) is -1.31. The summed E-state index contributed by atoms with van der Waals surface area (Å²) in [5.41, 5.74) is 1.55. The molecule has 0 spiro atoms. The van der Waals surface area contributed by atoms with E-state index in [9.17, 15) is 14.4 Å². The number of ether oxygens (including phenoxy) is 3. The van der Waals surface area contributed by atoms with E-state index in [0.29, 0.717) is 5.75 Å². The molecule has 2 aromatic carbocycles. The Morgan fingerprint density at radius 3 is 2.35 bits per heavy atom. The zero-order valence-corrected chi connectivity index (χ0v) is 14.5. The predicted octanol–water partition coefficient (Wildman–Crippen LogP) is 2.34. The Hall–Kier alpha value is -3.35. The van der Waals surface area contributed by atoms with E-state index in [2.05, 4.69) is 10.1 Å². The Morgan fingerprint density at radius 1 is 0.962 bits per heavy atom. The number of rotatable bonds is 7. The Bertz CT molecular complexity index is 785. The molecule has 0 aliphatic rings. The van der Waals surface area contributed by atoms with Crippen LogP contribution in [0.4, 0.5) is 5.69 Å². The molecule has 0 radical (unpaired) electrons. The van der Waals surface area contributed by atoms with Crippen molar-refractivity contribution in [3.05, 3.63) is 59.7 Å². The Kier molecular flexibility index (Phi) is 6.73. The molecule has 2 rings (SSSR count). The second kappa shape index (κ2) is 9.22. The summed E-state index contributed by atoms with van der Waals surface area (Å²) in [4.78, 5) is 35.2. The molecule has 0 saturated carbocycles. The number of para-hydroxylation sites is 1. The fourth-order valence-corrected chi connectivity index (χ4v) is 2.03. The first-order chi connectivity index (χ1) is 12.5. The summed E-state index contributed by atoms with van der Waals surface area (Å²) in [5, 5.41) is 2.50. The smallest absolute Gasteiger partial charge is 0.344 e. The molecular weight excluding hydrogens is 338 g/mol. The Morgan fingerprint density at radius 2 is 1.65 bits per heavy atom. The van der Waals surface area contributed by atoms with Crippen LogP contribution in [0.1, 0.15) is 15.9 Å². The number of esters is 2. The van der Waals surface area contributed by atoms with Gasteiger partial charge in [-0.25, -0.2) is 9.59 Å². The summed E-state index contributed by atoms with van der Waals surface area (Å²) in [6, 6.07) is 13.5. The lowest BCUT2D eigenvalue weighted by atomic mass is 10.2. The van der Waals surface area contributed by atoms with E-state index in [1.807, 2.05) is 19.1 Å². The molecule has 0 aliphatic heterocycles. The van der Waals surface area contributed by atoms with Gasteiger partial charge >= 0.3 is 11.9 Å². The molecule has 1 amide bonds. The van der Waals surface area contributed by atoms with Gasteiger partial charge in [-0.2, -0.15) is 0 Å². The minimum absolute atomic E-state index is 0.206. The number of methoxy groups -OCH3 is 1. The van der Waals surface area contributed by atoms with Gasteiger partial charge < -0.3 is 19.5 Å². The van der Waals surface area contributed by atoms with Crippen molar-refractivity contribution in [2.45, 2.75) is 6.92 Å². The van der Waals surface area contributed by atoms with Crippen LogP contribution in [-0.2, 0) is 19.1 Å². The largest absolute Gasteiger partial charge is 0.482 e. The molecule has 7 nitrogen and oxygen atoms in total. The molecule has 136 valence electrons. The third kappa shape index (κ3) is 5.62. The van der Waals surface area contributed by atoms with Crippen molar-refractivity contribution < 1.29 is 28.6 Å². The maximum absolute atomic E-state index is 11.9. The molecule has 1 N–H and O–H groups in total. The van der Waals surface area contributed by atoms with Gasteiger partial charge in [-0.3, -0.25) is 4.79 Å². The van der Waals surface area contributed by atoms with Gasteiger partial charge in [-0.1, -0.05) is 29.8 Å². The lowest BCUT2D eigenvalue weighted by Gasteiger charge is -2.10. The van der Waals surface area contributed by atoms with Crippen LogP contribution in [0.3, 0.4) is 0 Å². The zero-order chi connectivity index (χ0) is 18.9. The van der Waals surface area contributed by atoms with E-state index in [0.717, 1.165) is 5.56 Å². The van der Waals surface area contributed by atoms with Crippen molar-refractivity contribution in [2.75, 3.05) is 25.6 Å². The van der Waals surface area contributed by atoms with Gasteiger partial charge in [-0.15, -0.1) is 0 Å². The second-order valence-corrected chi connectivity index (χ2v) is 5.35. The molecule has 0 saturated heterocycles. The lowest BCUT2D eigenvalue weighted by Crippen LogP contribution is -2.24. The normalized spacial score (nSPS) is 9.92. The predicted molar refractivity (Wildman–Crippen MR) is 94.0 cm³/mol. The standard InChI is InChI=1S/C19H19NO6/c1-13-7-9-14(10-8-13)25-12-18(22)26-11-17(21)20-16-6-4-3-5-15(16)19(23)24-2/h3-10H,11-12H2,1-2H3,(H,20,21). The van der Waals surface area contributed by atoms with E-state index in [1.54, 1.807) is 30.3 Å². The SMILES string of the molecule is COC(=O)c1ccccc1NC(=O)COC(=O)COc1ccc(C)cc1. The molecule has 0 aromatic heterocycles. The minimum Gasteiger partial charge on any atom is -0.482 e. The maximum Gasteiger partial charge on any atom is 0.344 e. The van der Waals surface area contributed by atoms with Crippen molar-refractivity contribution in [3.63, 3.8) is 0 Å². The first-order valence-corrected chi connectivity index (χ1v) is 7.82. The van der Waals surface area contributed by atoms with Gasteiger partial charge in [0, 0.05) is 0 Å². The minimum atomic E-state index is -0.679. The molecule has 0 atom stereocenters. The fourth-order valence-electron chi connectivity index (χ4n) is 2.03. The average molecular weight is 357 g/mol. The van der Waals surface area contributed by atoms with E-state index in [4.69, 9.17) is 9.47 Å². The van der Waals surface area contributed by atoms with Gasteiger partial charge in [0.25, 0.3) is 5.91 Å². The van der Waals surface area contributed by atoms with Crippen molar-refractivity contribution in [1.82, 2.24) is 0 Å². The second-order valence-electron chi connectivity index (χ2n) is 5.35. The average Bonchev–Trinajstić information content (AvgIpc) is 2.65. The van der Waals surface area contributed by atoms with Crippen LogP contribution in [0.15, 0.2) is 48.5 Å². The quantitative estimate of drug-likeness (QED) is 0.765. The molecule has 0 bridgehead atoms. The van der Waals surface area contributed by atoms with Crippen molar-refractivity contribution in [3.8, 4) is 5.75 Å². The first-order valence-electron chi connectivity index (χ1n) is 7.82. The molecule has 0 unspecified atom stereocenters. The van der Waals surface area contributed by atoms with Gasteiger partial charge in [0.1, 0.15) is 5.75 Å². The number of anilines is 1. The van der Waals surface area contributed by atoms with Crippen LogP contribution in [0.5, 0.6) is 5.75 Å². The summed E-state index contributed by atoms with van der Waals surface area (Å²) in [6.45, 7) is 1.13. The Labute approximate surface area is 150 Å². The maximum atomic E-state index is 11.9. The third-order valence-corrected chi connectivity index (χ3v) is 3.35. The Balaban J connectivity index is 1.80. The van der Waals surface area contributed by atoms with E-state index >= 15 is 0 Å². The van der Waals surface area contributed by atoms with Crippen LogP contribution < -0.4 is 10.1 Å². The lowest BCUT2D eigenvalue weighted by molar-refractivity contribution is -0.149. The molecule has 26 heavy (non-hydrogen) atoms. The molecule has 7 heteroatoms. The molecule has 0 fully saturated rings. The van der Waals surface area contributed by atoms with Crippen LogP contribution in [0, 0.1) is 6.92 Å². The van der Waals surface area contributed by atoms with Gasteiger partial charge in [0.05, 0.1) is 18.4 Å². The van der Waals surface area contributed by atoms with Crippen LogP contribution in [-0.4, -0.2) is 38.2 Å². The number of aryl methyl sites for hydroxylation is 1. The van der Waals surface area contributed by atoms with Crippen molar-refractivity contribution in [1.29, 1.82) is 0 Å². The summed E-state index contributed by atoms with van der Waals surface area (Å²) >= 11 is 0.